The van der Waals surface area contributed by atoms with E-state index in [1.807, 2.05) is 0 Å². The van der Waals surface area contributed by atoms with Gasteiger partial charge >= 0.3 is 18.9 Å². The molecule has 5 nitrogen and oxygen atoms in total. The number of ether oxygens (including phenoxy) is 3. The number of methoxy groups -OCH3 is 1. The molecule has 114 valence electrons. The molecule has 0 aromatic heterocycles. The Morgan fingerprint density at radius 1 is 1.33 bits per heavy atom. The molecular formula is C11H6F5NO4. The first-order valence-corrected chi connectivity index (χ1v) is 5.05. The maximum atomic E-state index is 12.3. The Labute approximate surface area is 114 Å². The molecule has 21 heavy (non-hydrogen) atoms. The SMILES string of the molecule is COC(=O)c1ccc(OC(F)F)c(OC(F)(F)F)c1C#N. The first kappa shape index (κ1) is 16.5. The zero-order valence-corrected chi connectivity index (χ0v) is 10.2. The van der Waals surface area contributed by atoms with E-state index in [4.69, 9.17) is 5.26 Å². The van der Waals surface area contributed by atoms with E-state index < -0.39 is 41.6 Å². The maximum absolute atomic E-state index is 12.3. The molecule has 0 atom stereocenters. The van der Waals surface area contributed by atoms with Gasteiger partial charge in [0, 0.05) is 0 Å². The molecule has 0 N–H and O–H groups in total. The summed E-state index contributed by atoms with van der Waals surface area (Å²) in [7, 11) is 0.928. The number of esters is 1. The van der Waals surface area contributed by atoms with Crippen molar-refractivity contribution in [2.45, 2.75) is 13.0 Å². The summed E-state index contributed by atoms with van der Waals surface area (Å²) in [5.74, 6) is -3.51. The lowest BCUT2D eigenvalue weighted by Crippen LogP contribution is -2.20. The Kier molecular flexibility index (Phi) is 4.91. The van der Waals surface area contributed by atoms with Gasteiger partial charge in [-0.2, -0.15) is 14.0 Å². The van der Waals surface area contributed by atoms with Crippen LogP contribution in [0.1, 0.15) is 15.9 Å². The average Bonchev–Trinajstić information content (AvgIpc) is 2.37. The summed E-state index contributed by atoms with van der Waals surface area (Å²) in [6.07, 6.45) is -5.28. The lowest BCUT2D eigenvalue weighted by Gasteiger charge is -2.16. The van der Waals surface area contributed by atoms with E-state index in [1.54, 1.807) is 0 Å². The van der Waals surface area contributed by atoms with E-state index in [2.05, 4.69) is 14.2 Å². The van der Waals surface area contributed by atoms with Gasteiger partial charge in [-0.05, 0) is 12.1 Å². The number of halogens is 5. The van der Waals surface area contributed by atoms with Gasteiger partial charge in [-0.25, -0.2) is 4.79 Å². The topological polar surface area (TPSA) is 68.6 Å². The molecule has 10 heteroatoms. The van der Waals surface area contributed by atoms with E-state index in [0.29, 0.717) is 6.07 Å². The minimum atomic E-state index is -5.28. The molecule has 0 saturated heterocycles. The number of alkyl halides is 5. The van der Waals surface area contributed by atoms with E-state index in [0.717, 1.165) is 13.2 Å². The van der Waals surface area contributed by atoms with Crippen molar-refractivity contribution in [1.82, 2.24) is 0 Å². The van der Waals surface area contributed by atoms with Crippen LogP contribution in [0, 0.1) is 11.3 Å². The highest BCUT2D eigenvalue weighted by Crippen LogP contribution is 2.38. The average molecular weight is 311 g/mol. The Morgan fingerprint density at radius 3 is 2.38 bits per heavy atom. The molecule has 0 fully saturated rings. The molecule has 0 saturated carbocycles. The van der Waals surface area contributed by atoms with Crippen molar-refractivity contribution in [2.24, 2.45) is 0 Å². The van der Waals surface area contributed by atoms with Crippen molar-refractivity contribution < 1.29 is 41.0 Å². The molecule has 0 amide bonds. The van der Waals surface area contributed by atoms with Crippen LogP contribution in [-0.4, -0.2) is 26.1 Å². The zero-order valence-electron chi connectivity index (χ0n) is 10.2. The lowest BCUT2D eigenvalue weighted by atomic mass is 10.1. The molecule has 0 aliphatic rings. The Bertz CT molecular complexity index is 579. The van der Waals surface area contributed by atoms with E-state index >= 15 is 0 Å². The molecule has 0 bridgehead atoms. The summed E-state index contributed by atoms with van der Waals surface area (Å²) in [6, 6.07) is 2.71. The maximum Gasteiger partial charge on any atom is 0.573 e. The fourth-order valence-electron chi connectivity index (χ4n) is 1.36. The number of carbonyl (C=O) groups excluding carboxylic acids is 1. The highest BCUT2D eigenvalue weighted by molar-refractivity contribution is 5.93. The summed E-state index contributed by atoms with van der Waals surface area (Å²) in [6.45, 7) is -3.45. The summed E-state index contributed by atoms with van der Waals surface area (Å²) < 4.78 is 72.8. The van der Waals surface area contributed by atoms with Gasteiger partial charge in [0.05, 0.1) is 12.7 Å². The summed E-state index contributed by atoms with van der Waals surface area (Å²) >= 11 is 0. The second-order valence-electron chi connectivity index (χ2n) is 3.35. The molecule has 1 rings (SSSR count). The van der Waals surface area contributed by atoms with Crippen molar-refractivity contribution in [1.29, 1.82) is 5.26 Å². The van der Waals surface area contributed by atoms with Gasteiger partial charge in [-0.1, -0.05) is 0 Å². The monoisotopic (exact) mass is 311 g/mol. The Balaban J connectivity index is 3.49. The third-order valence-corrected chi connectivity index (χ3v) is 2.07. The molecule has 0 radical (unpaired) electrons. The minimum absolute atomic E-state index is 0.583. The second kappa shape index (κ2) is 6.25. The molecule has 0 aliphatic heterocycles. The van der Waals surface area contributed by atoms with Gasteiger partial charge < -0.3 is 14.2 Å². The third-order valence-electron chi connectivity index (χ3n) is 2.07. The van der Waals surface area contributed by atoms with Gasteiger partial charge in [0.2, 0.25) is 0 Å². The van der Waals surface area contributed by atoms with Crippen LogP contribution < -0.4 is 9.47 Å². The minimum Gasteiger partial charge on any atom is -0.465 e. The van der Waals surface area contributed by atoms with Gasteiger partial charge in [-0.15, -0.1) is 13.2 Å². The standard InChI is InChI=1S/C11H6F5NO4/c1-19-9(18)5-2-3-7(20-10(12)13)8(6(5)4-17)21-11(14,15)16/h2-3,10H,1H3. The van der Waals surface area contributed by atoms with Crippen LogP contribution in [-0.2, 0) is 4.74 Å². The second-order valence-corrected chi connectivity index (χ2v) is 3.35. The van der Waals surface area contributed by atoms with Crippen LogP contribution in [0.4, 0.5) is 22.0 Å². The molecule has 0 spiro atoms. The van der Waals surface area contributed by atoms with Gasteiger partial charge in [0.15, 0.2) is 11.5 Å². The van der Waals surface area contributed by atoms with Crippen LogP contribution in [0.15, 0.2) is 12.1 Å². The smallest absolute Gasteiger partial charge is 0.465 e. The Hall–Kier alpha value is -2.57. The number of benzene rings is 1. The van der Waals surface area contributed by atoms with Gasteiger partial charge in [0.1, 0.15) is 11.6 Å². The fourth-order valence-corrected chi connectivity index (χ4v) is 1.36. The predicted octanol–water partition coefficient (Wildman–Crippen LogP) is 2.84. The van der Waals surface area contributed by atoms with E-state index in [9.17, 15) is 26.7 Å². The highest BCUT2D eigenvalue weighted by Gasteiger charge is 2.35. The van der Waals surface area contributed by atoms with Crippen LogP contribution in [0.2, 0.25) is 0 Å². The lowest BCUT2D eigenvalue weighted by molar-refractivity contribution is -0.275. The molecule has 0 heterocycles. The number of hydrogen-bond donors (Lipinski definition) is 0. The third kappa shape index (κ3) is 4.20. The molecule has 1 aromatic rings. The van der Waals surface area contributed by atoms with Crippen molar-refractivity contribution in [2.75, 3.05) is 7.11 Å². The molecule has 0 aliphatic carbocycles. The normalized spacial score (nSPS) is 11.0. The number of rotatable bonds is 4. The van der Waals surface area contributed by atoms with Crippen molar-refractivity contribution in [3.05, 3.63) is 23.3 Å². The van der Waals surface area contributed by atoms with Crippen LogP contribution in [0.25, 0.3) is 0 Å². The zero-order chi connectivity index (χ0) is 16.2. The van der Waals surface area contributed by atoms with Crippen molar-refractivity contribution >= 4 is 5.97 Å². The van der Waals surface area contributed by atoms with E-state index in [1.165, 1.54) is 6.07 Å². The number of carbonyl (C=O) groups is 1. The van der Waals surface area contributed by atoms with Crippen LogP contribution in [0.5, 0.6) is 11.5 Å². The van der Waals surface area contributed by atoms with E-state index in [-0.39, 0.29) is 0 Å². The summed E-state index contributed by atoms with van der Waals surface area (Å²) in [4.78, 5) is 11.3. The summed E-state index contributed by atoms with van der Waals surface area (Å²) in [5.41, 5.74) is -1.52. The van der Waals surface area contributed by atoms with Crippen LogP contribution >= 0.6 is 0 Å². The first-order valence-electron chi connectivity index (χ1n) is 5.05. The number of nitrogens with zero attached hydrogens (tertiary/aromatic N) is 1. The van der Waals surface area contributed by atoms with Crippen molar-refractivity contribution in [3.63, 3.8) is 0 Å². The van der Waals surface area contributed by atoms with Crippen molar-refractivity contribution in [3.8, 4) is 17.6 Å². The van der Waals surface area contributed by atoms with Gasteiger partial charge in [0.25, 0.3) is 0 Å². The largest absolute Gasteiger partial charge is 0.573 e. The van der Waals surface area contributed by atoms with Gasteiger partial charge in [-0.3, -0.25) is 0 Å². The quantitative estimate of drug-likeness (QED) is 0.632. The first-order chi connectivity index (χ1) is 9.69. The number of nitriles is 1. The fraction of sp³-hybridized carbons (Fsp3) is 0.273. The predicted molar refractivity (Wildman–Crippen MR) is 55.8 cm³/mol. The Morgan fingerprint density at radius 2 is 1.95 bits per heavy atom. The summed E-state index contributed by atoms with van der Waals surface area (Å²) in [5, 5.41) is 8.85. The number of hydrogen-bond acceptors (Lipinski definition) is 5. The molecule has 0 unspecified atom stereocenters. The molecular weight excluding hydrogens is 305 g/mol. The molecule has 1 aromatic carbocycles. The highest BCUT2D eigenvalue weighted by atomic mass is 19.4. The van der Waals surface area contributed by atoms with Crippen LogP contribution in [0.3, 0.4) is 0 Å².